The monoisotopic (exact) mass is 227 g/mol. The molecule has 0 aliphatic heterocycles. The lowest BCUT2D eigenvalue weighted by Gasteiger charge is -2.32. The van der Waals surface area contributed by atoms with Gasteiger partial charge >= 0.3 is 0 Å². The molecule has 2 unspecified atom stereocenters. The van der Waals surface area contributed by atoms with Crippen LogP contribution in [0.1, 0.15) is 32.1 Å². The van der Waals surface area contributed by atoms with E-state index in [1.807, 2.05) is 0 Å². The summed E-state index contributed by atoms with van der Waals surface area (Å²) in [6.07, 6.45) is 6.53. The molecule has 0 radical (unpaired) electrons. The van der Waals surface area contributed by atoms with Crippen molar-refractivity contribution in [2.24, 2.45) is 11.7 Å². The second-order valence-corrected chi connectivity index (χ2v) is 5.63. The average Bonchev–Trinajstić information content (AvgIpc) is 2.21. The third-order valence-electron chi connectivity index (χ3n) is 3.66. The quantitative estimate of drug-likeness (QED) is 0.744. The van der Waals surface area contributed by atoms with E-state index >= 15 is 0 Å². The van der Waals surface area contributed by atoms with Gasteiger partial charge in [0.25, 0.3) is 0 Å². The Morgan fingerprint density at radius 1 is 1.06 bits per heavy atom. The first kappa shape index (κ1) is 13.9. The largest absolute Gasteiger partial charge is 0.327 e. The Bertz CT molecular complexity index is 182. The van der Waals surface area contributed by atoms with Crippen molar-refractivity contribution in [3.05, 3.63) is 0 Å². The molecule has 0 aromatic rings. The van der Waals surface area contributed by atoms with Gasteiger partial charge in [-0.25, -0.2) is 0 Å². The van der Waals surface area contributed by atoms with Crippen molar-refractivity contribution in [2.75, 3.05) is 40.8 Å². The molecule has 3 nitrogen and oxygen atoms in total. The maximum Gasteiger partial charge on any atom is 0.00793 e. The zero-order valence-corrected chi connectivity index (χ0v) is 11.3. The number of hydrogen-bond donors (Lipinski definition) is 1. The Morgan fingerprint density at radius 2 is 1.75 bits per heavy atom. The summed E-state index contributed by atoms with van der Waals surface area (Å²) < 4.78 is 0. The van der Waals surface area contributed by atoms with Crippen LogP contribution in [0.4, 0.5) is 0 Å². The Kier molecular flexibility index (Phi) is 6.32. The normalized spacial score (nSPS) is 26.6. The highest BCUT2D eigenvalue weighted by Crippen LogP contribution is 2.23. The lowest BCUT2D eigenvalue weighted by atomic mass is 9.85. The van der Waals surface area contributed by atoms with E-state index in [1.54, 1.807) is 0 Å². The first-order valence-corrected chi connectivity index (χ1v) is 6.68. The predicted octanol–water partition coefficient (Wildman–Crippen LogP) is 1.39. The standard InChI is InChI=1S/C13H29N3/c1-15(2)9-6-10-16(3)11-12-7-4-5-8-13(12)14/h12-13H,4-11,14H2,1-3H3. The average molecular weight is 227 g/mol. The minimum absolute atomic E-state index is 0.449. The zero-order valence-electron chi connectivity index (χ0n) is 11.3. The van der Waals surface area contributed by atoms with Crippen molar-refractivity contribution in [3.8, 4) is 0 Å². The van der Waals surface area contributed by atoms with Crippen molar-refractivity contribution >= 4 is 0 Å². The first-order chi connectivity index (χ1) is 7.59. The third kappa shape index (κ3) is 5.28. The van der Waals surface area contributed by atoms with Gasteiger partial charge in [-0.05, 0) is 59.4 Å². The van der Waals surface area contributed by atoms with Gasteiger partial charge in [-0.3, -0.25) is 0 Å². The smallest absolute Gasteiger partial charge is 0.00793 e. The molecule has 0 bridgehead atoms. The second-order valence-electron chi connectivity index (χ2n) is 5.63. The minimum atomic E-state index is 0.449. The Hall–Kier alpha value is -0.120. The van der Waals surface area contributed by atoms with Crippen LogP contribution in [0.15, 0.2) is 0 Å². The van der Waals surface area contributed by atoms with Crippen LogP contribution in [0.25, 0.3) is 0 Å². The van der Waals surface area contributed by atoms with E-state index in [-0.39, 0.29) is 0 Å². The van der Waals surface area contributed by atoms with Crippen molar-refractivity contribution in [3.63, 3.8) is 0 Å². The number of rotatable bonds is 6. The minimum Gasteiger partial charge on any atom is -0.327 e. The lowest BCUT2D eigenvalue weighted by Crippen LogP contribution is -2.40. The van der Waals surface area contributed by atoms with Crippen LogP contribution >= 0.6 is 0 Å². The molecule has 1 saturated carbocycles. The molecule has 1 rings (SSSR count). The summed E-state index contributed by atoms with van der Waals surface area (Å²) in [7, 11) is 6.51. The maximum atomic E-state index is 6.17. The van der Waals surface area contributed by atoms with Crippen molar-refractivity contribution in [2.45, 2.75) is 38.1 Å². The molecule has 1 fully saturated rings. The van der Waals surface area contributed by atoms with E-state index in [4.69, 9.17) is 5.73 Å². The molecule has 1 aliphatic carbocycles. The summed E-state index contributed by atoms with van der Waals surface area (Å²) in [5.41, 5.74) is 6.17. The SMILES string of the molecule is CN(C)CCCN(C)CC1CCCCC1N. The molecule has 1 aliphatic rings. The van der Waals surface area contributed by atoms with Gasteiger partial charge in [-0.15, -0.1) is 0 Å². The molecular weight excluding hydrogens is 198 g/mol. The fourth-order valence-corrected chi connectivity index (χ4v) is 2.61. The summed E-state index contributed by atoms with van der Waals surface area (Å²) in [5, 5.41) is 0. The van der Waals surface area contributed by atoms with Gasteiger partial charge < -0.3 is 15.5 Å². The van der Waals surface area contributed by atoms with Crippen LogP contribution in [-0.2, 0) is 0 Å². The van der Waals surface area contributed by atoms with Gasteiger partial charge in [0, 0.05) is 12.6 Å². The molecule has 0 aromatic carbocycles. The summed E-state index contributed by atoms with van der Waals surface area (Å²) in [6, 6.07) is 0.449. The van der Waals surface area contributed by atoms with Gasteiger partial charge in [0.2, 0.25) is 0 Å². The fourth-order valence-electron chi connectivity index (χ4n) is 2.61. The Labute approximate surface area is 101 Å². The van der Waals surface area contributed by atoms with Gasteiger partial charge in [0.15, 0.2) is 0 Å². The van der Waals surface area contributed by atoms with Crippen molar-refractivity contribution in [1.29, 1.82) is 0 Å². The van der Waals surface area contributed by atoms with Gasteiger partial charge in [-0.2, -0.15) is 0 Å². The zero-order chi connectivity index (χ0) is 12.0. The van der Waals surface area contributed by atoms with Crippen LogP contribution in [0.2, 0.25) is 0 Å². The van der Waals surface area contributed by atoms with E-state index in [2.05, 4.69) is 30.9 Å². The molecule has 0 aromatic heterocycles. The Balaban J connectivity index is 2.14. The molecule has 96 valence electrons. The molecule has 2 atom stereocenters. The molecule has 0 saturated heterocycles. The number of nitrogens with two attached hydrogens (primary N) is 1. The molecular formula is C13H29N3. The van der Waals surface area contributed by atoms with E-state index in [0.717, 1.165) is 5.92 Å². The summed E-state index contributed by atoms with van der Waals surface area (Å²) >= 11 is 0. The van der Waals surface area contributed by atoms with E-state index < -0.39 is 0 Å². The Morgan fingerprint density at radius 3 is 2.38 bits per heavy atom. The van der Waals surface area contributed by atoms with Crippen molar-refractivity contribution in [1.82, 2.24) is 9.80 Å². The van der Waals surface area contributed by atoms with E-state index in [0.29, 0.717) is 6.04 Å². The maximum absolute atomic E-state index is 6.17. The van der Waals surface area contributed by atoms with Gasteiger partial charge in [0.1, 0.15) is 0 Å². The van der Waals surface area contributed by atoms with E-state index in [1.165, 1.54) is 51.7 Å². The first-order valence-electron chi connectivity index (χ1n) is 6.68. The topological polar surface area (TPSA) is 32.5 Å². The summed E-state index contributed by atoms with van der Waals surface area (Å²) in [5.74, 6) is 0.734. The summed E-state index contributed by atoms with van der Waals surface area (Å²) in [6.45, 7) is 3.57. The molecule has 0 amide bonds. The van der Waals surface area contributed by atoms with Gasteiger partial charge in [0.05, 0.1) is 0 Å². The molecule has 16 heavy (non-hydrogen) atoms. The van der Waals surface area contributed by atoms with Crippen LogP contribution in [-0.4, -0.2) is 56.6 Å². The number of hydrogen-bond acceptors (Lipinski definition) is 3. The number of nitrogens with zero attached hydrogens (tertiary/aromatic N) is 2. The molecule has 3 heteroatoms. The fraction of sp³-hybridized carbons (Fsp3) is 1.00. The lowest BCUT2D eigenvalue weighted by molar-refractivity contribution is 0.205. The molecule has 0 spiro atoms. The third-order valence-corrected chi connectivity index (χ3v) is 3.66. The van der Waals surface area contributed by atoms with Crippen LogP contribution in [0.3, 0.4) is 0 Å². The summed E-state index contributed by atoms with van der Waals surface area (Å²) in [4.78, 5) is 4.71. The highest BCUT2D eigenvalue weighted by Gasteiger charge is 2.22. The van der Waals surface area contributed by atoms with Crippen LogP contribution in [0, 0.1) is 5.92 Å². The predicted molar refractivity (Wildman–Crippen MR) is 70.6 cm³/mol. The van der Waals surface area contributed by atoms with Crippen LogP contribution < -0.4 is 5.73 Å². The highest BCUT2D eigenvalue weighted by molar-refractivity contribution is 4.79. The van der Waals surface area contributed by atoms with Crippen LogP contribution in [0.5, 0.6) is 0 Å². The highest BCUT2D eigenvalue weighted by atomic mass is 15.1. The van der Waals surface area contributed by atoms with E-state index in [9.17, 15) is 0 Å². The van der Waals surface area contributed by atoms with Gasteiger partial charge in [-0.1, -0.05) is 12.8 Å². The molecule has 2 N–H and O–H groups in total. The van der Waals surface area contributed by atoms with Crippen molar-refractivity contribution < 1.29 is 0 Å². The second kappa shape index (κ2) is 7.25. The molecule has 0 heterocycles.